The van der Waals surface area contributed by atoms with E-state index in [1.807, 2.05) is 25.1 Å². The van der Waals surface area contributed by atoms with Gasteiger partial charge in [-0.3, -0.25) is 14.0 Å². The van der Waals surface area contributed by atoms with Crippen molar-refractivity contribution in [3.05, 3.63) is 56.0 Å². The normalized spacial score (nSPS) is 13.5. The molecule has 1 amide bonds. The molecule has 0 saturated heterocycles. The van der Waals surface area contributed by atoms with E-state index >= 15 is 0 Å². The van der Waals surface area contributed by atoms with E-state index in [0.29, 0.717) is 28.7 Å². The molecule has 31 heavy (non-hydrogen) atoms. The number of halogens is 1. The fraction of sp³-hybridized carbons (Fsp3) is 0.435. The summed E-state index contributed by atoms with van der Waals surface area (Å²) in [7, 11) is -1.81. The molecule has 6 nitrogen and oxygen atoms in total. The molecule has 8 heteroatoms. The van der Waals surface area contributed by atoms with Gasteiger partial charge in [0, 0.05) is 22.4 Å². The van der Waals surface area contributed by atoms with Gasteiger partial charge in [-0.15, -0.1) is 0 Å². The lowest BCUT2D eigenvalue weighted by atomic mass is 10.2. The van der Waals surface area contributed by atoms with E-state index in [4.69, 9.17) is 4.43 Å². The molecular formula is C23H30IN3O3Si. The van der Waals surface area contributed by atoms with Gasteiger partial charge in [0.1, 0.15) is 0 Å². The molecule has 1 aromatic carbocycles. The minimum atomic E-state index is -1.81. The number of hydrogen-bond acceptors (Lipinski definition) is 4. The van der Waals surface area contributed by atoms with E-state index < -0.39 is 8.32 Å². The van der Waals surface area contributed by atoms with E-state index in [-0.39, 0.29) is 22.5 Å². The van der Waals surface area contributed by atoms with Gasteiger partial charge in [-0.05, 0) is 84.4 Å². The summed E-state index contributed by atoms with van der Waals surface area (Å²) in [5.74, 6) is -0.241. The topological polar surface area (TPSA) is 72.7 Å². The van der Waals surface area contributed by atoms with Gasteiger partial charge in [-0.2, -0.15) is 0 Å². The van der Waals surface area contributed by atoms with Crippen LogP contribution in [0.2, 0.25) is 18.1 Å². The number of pyridine rings is 1. The maximum Gasteiger partial charge on any atom is 0.265 e. The fourth-order valence-electron chi connectivity index (χ4n) is 3.06. The molecule has 3 rings (SSSR count). The molecule has 0 spiro atoms. The number of hydrogen-bond donors (Lipinski definition) is 1. The number of fused-ring (bicyclic) bond motifs is 2. The Kier molecular flexibility index (Phi) is 6.92. The molecule has 2 aromatic heterocycles. The lowest BCUT2D eigenvalue weighted by molar-refractivity contribution is 0.0936. The van der Waals surface area contributed by atoms with Crippen molar-refractivity contribution in [1.82, 2.24) is 14.7 Å². The summed E-state index contributed by atoms with van der Waals surface area (Å²) in [5, 5.41) is 3.72. The number of benzene rings is 1. The standard InChI is InChI=1S/C23H30IN3O3Si/c1-15(11-13-30-31(5,6)23(2,3)4)25-21(28)17-8-7-12-27-20(17)26-19-10-9-16(24)14-18(19)22(27)29/h7-10,12,14-15H,11,13H2,1-6H3,(H,25,28). The van der Waals surface area contributed by atoms with Gasteiger partial charge in [-0.25, -0.2) is 4.98 Å². The van der Waals surface area contributed by atoms with Crippen LogP contribution in [0.4, 0.5) is 0 Å². The molecule has 1 unspecified atom stereocenters. The number of rotatable bonds is 6. The third-order valence-electron chi connectivity index (χ3n) is 6.04. The van der Waals surface area contributed by atoms with E-state index in [0.717, 1.165) is 9.99 Å². The molecule has 0 radical (unpaired) electrons. The summed E-state index contributed by atoms with van der Waals surface area (Å²) in [4.78, 5) is 30.5. The van der Waals surface area contributed by atoms with E-state index in [2.05, 4.69) is 66.8 Å². The maximum atomic E-state index is 13.0. The van der Waals surface area contributed by atoms with Crippen LogP contribution in [0, 0.1) is 3.57 Å². The largest absolute Gasteiger partial charge is 0.417 e. The average molecular weight is 552 g/mol. The Balaban J connectivity index is 1.79. The third-order valence-corrected chi connectivity index (χ3v) is 11.3. The fourth-order valence-corrected chi connectivity index (χ4v) is 4.61. The zero-order valence-electron chi connectivity index (χ0n) is 19.0. The predicted molar refractivity (Wildman–Crippen MR) is 136 cm³/mol. The SMILES string of the molecule is CC(CCO[Si](C)(C)C(C)(C)C)NC(=O)c1cccn2c(=O)c3cc(I)ccc3nc12. The van der Waals surface area contributed by atoms with E-state index in [9.17, 15) is 9.59 Å². The highest BCUT2D eigenvalue weighted by Crippen LogP contribution is 2.36. The summed E-state index contributed by atoms with van der Waals surface area (Å²) in [6.07, 6.45) is 2.37. The van der Waals surface area contributed by atoms with Crippen LogP contribution in [0.5, 0.6) is 0 Å². The molecule has 0 aliphatic heterocycles. The number of aromatic nitrogens is 2. The molecule has 0 saturated carbocycles. The summed E-state index contributed by atoms with van der Waals surface area (Å²) in [6, 6.07) is 8.87. The lowest BCUT2D eigenvalue weighted by Gasteiger charge is -2.36. The summed E-state index contributed by atoms with van der Waals surface area (Å²) < 4.78 is 8.63. The Bertz CT molecular complexity index is 1180. The van der Waals surface area contributed by atoms with Crippen molar-refractivity contribution >= 4 is 53.4 Å². The van der Waals surface area contributed by atoms with Gasteiger partial charge in [0.15, 0.2) is 14.0 Å². The molecule has 0 aliphatic carbocycles. The van der Waals surface area contributed by atoms with Gasteiger partial charge in [0.2, 0.25) is 0 Å². The van der Waals surface area contributed by atoms with Crippen molar-refractivity contribution in [2.75, 3.05) is 6.61 Å². The Labute approximate surface area is 197 Å². The van der Waals surface area contributed by atoms with Crippen molar-refractivity contribution in [2.45, 2.75) is 58.3 Å². The molecule has 2 heterocycles. The number of nitrogens with one attached hydrogen (secondary N) is 1. The molecule has 166 valence electrons. The zero-order valence-corrected chi connectivity index (χ0v) is 22.1. The third kappa shape index (κ3) is 5.18. The predicted octanol–water partition coefficient (Wildman–Crippen LogP) is 4.98. The molecule has 0 fully saturated rings. The first-order valence-electron chi connectivity index (χ1n) is 10.5. The van der Waals surface area contributed by atoms with Crippen molar-refractivity contribution in [3.8, 4) is 0 Å². The Morgan fingerprint density at radius 1 is 1.29 bits per heavy atom. The van der Waals surface area contributed by atoms with Gasteiger partial charge in [0.05, 0.1) is 16.5 Å². The Morgan fingerprint density at radius 2 is 2.00 bits per heavy atom. The highest BCUT2D eigenvalue weighted by atomic mass is 127. The van der Waals surface area contributed by atoms with Gasteiger partial charge < -0.3 is 9.74 Å². The second-order valence-electron chi connectivity index (χ2n) is 9.47. The number of amides is 1. The van der Waals surface area contributed by atoms with Gasteiger partial charge >= 0.3 is 0 Å². The van der Waals surface area contributed by atoms with E-state index in [1.54, 1.807) is 18.3 Å². The number of carbonyl (C=O) groups excluding carboxylic acids is 1. The Morgan fingerprint density at radius 3 is 2.68 bits per heavy atom. The first-order chi connectivity index (χ1) is 14.4. The molecule has 1 atom stereocenters. The minimum absolute atomic E-state index is 0.0636. The molecule has 3 aromatic rings. The number of nitrogens with zero attached hydrogens (tertiary/aromatic N) is 2. The second-order valence-corrected chi connectivity index (χ2v) is 15.5. The highest BCUT2D eigenvalue weighted by Gasteiger charge is 2.37. The second kappa shape index (κ2) is 8.99. The summed E-state index contributed by atoms with van der Waals surface area (Å²) in [6.45, 7) is 13.7. The molecular weight excluding hydrogens is 521 g/mol. The summed E-state index contributed by atoms with van der Waals surface area (Å²) >= 11 is 2.17. The van der Waals surface area contributed by atoms with Crippen molar-refractivity contribution in [2.24, 2.45) is 0 Å². The van der Waals surface area contributed by atoms with Crippen molar-refractivity contribution in [1.29, 1.82) is 0 Å². The Hall–Kier alpha value is -1.78. The van der Waals surface area contributed by atoms with E-state index in [1.165, 1.54) is 4.40 Å². The van der Waals surface area contributed by atoms with Crippen molar-refractivity contribution < 1.29 is 9.22 Å². The lowest BCUT2D eigenvalue weighted by Crippen LogP contribution is -2.42. The first kappa shape index (κ1) is 23.9. The molecule has 1 N–H and O–H groups in total. The highest BCUT2D eigenvalue weighted by molar-refractivity contribution is 14.1. The van der Waals surface area contributed by atoms with Crippen LogP contribution in [-0.2, 0) is 4.43 Å². The molecule has 0 bridgehead atoms. The van der Waals surface area contributed by atoms with Crippen LogP contribution < -0.4 is 10.9 Å². The number of carbonyl (C=O) groups is 1. The van der Waals surface area contributed by atoms with Crippen LogP contribution in [0.15, 0.2) is 41.3 Å². The monoisotopic (exact) mass is 551 g/mol. The summed E-state index contributed by atoms with van der Waals surface area (Å²) in [5.41, 5.74) is 1.16. The molecule has 0 aliphatic rings. The van der Waals surface area contributed by atoms with Crippen LogP contribution in [0.1, 0.15) is 44.5 Å². The van der Waals surface area contributed by atoms with Gasteiger partial charge in [0.25, 0.3) is 11.5 Å². The average Bonchev–Trinajstić information content (AvgIpc) is 2.67. The van der Waals surface area contributed by atoms with Crippen LogP contribution in [0.25, 0.3) is 16.6 Å². The van der Waals surface area contributed by atoms with Crippen LogP contribution in [0.3, 0.4) is 0 Å². The van der Waals surface area contributed by atoms with Gasteiger partial charge in [-0.1, -0.05) is 20.8 Å². The maximum absolute atomic E-state index is 13.0. The van der Waals surface area contributed by atoms with Crippen LogP contribution >= 0.6 is 22.6 Å². The smallest absolute Gasteiger partial charge is 0.265 e. The quantitative estimate of drug-likeness (QED) is 0.267. The minimum Gasteiger partial charge on any atom is -0.417 e. The van der Waals surface area contributed by atoms with Crippen molar-refractivity contribution in [3.63, 3.8) is 0 Å². The van der Waals surface area contributed by atoms with Crippen LogP contribution in [-0.4, -0.2) is 36.3 Å². The zero-order chi connectivity index (χ0) is 23.0. The first-order valence-corrected chi connectivity index (χ1v) is 14.4.